The number of hydrogen-bond acceptors (Lipinski definition) is 6. The van der Waals surface area contributed by atoms with Crippen LogP contribution in [0.2, 0.25) is 0 Å². The summed E-state index contributed by atoms with van der Waals surface area (Å²) < 4.78 is 11.5. The summed E-state index contributed by atoms with van der Waals surface area (Å²) in [5.41, 5.74) is 0.473. The van der Waals surface area contributed by atoms with Crippen LogP contribution >= 0.6 is 11.8 Å². The first-order valence-corrected chi connectivity index (χ1v) is 8.77. The van der Waals surface area contributed by atoms with Crippen LogP contribution in [-0.4, -0.2) is 30.4 Å². The molecule has 1 aliphatic heterocycles. The van der Waals surface area contributed by atoms with Crippen LogP contribution in [0.25, 0.3) is 0 Å². The summed E-state index contributed by atoms with van der Waals surface area (Å²) in [5, 5.41) is 16.2. The van der Waals surface area contributed by atoms with Crippen molar-refractivity contribution in [2.45, 2.75) is 17.2 Å². The zero-order valence-electron chi connectivity index (χ0n) is 13.9. The highest BCUT2D eigenvalue weighted by atomic mass is 32.2. The normalized spacial score (nSPS) is 13.6. The van der Waals surface area contributed by atoms with E-state index in [4.69, 9.17) is 9.47 Å². The lowest BCUT2D eigenvalue weighted by molar-refractivity contribution is -0.645. The predicted octanol–water partition coefficient (Wildman–Crippen LogP) is 1.92. The Morgan fingerprint density at radius 1 is 1.19 bits per heavy atom. The molecule has 0 unspecified atom stereocenters. The van der Waals surface area contributed by atoms with Crippen LogP contribution in [0.1, 0.15) is 6.92 Å². The fourth-order valence-corrected chi connectivity index (χ4v) is 3.09. The summed E-state index contributed by atoms with van der Waals surface area (Å²) in [5.74, 6) is 0.638. The number of nitrogens with zero attached hydrogens (tertiary/aromatic N) is 1. The van der Waals surface area contributed by atoms with Crippen molar-refractivity contribution in [2.24, 2.45) is 0 Å². The van der Waals surface area contributed by atoms with E-state index in [1.54, 1.807) is 43.3 Å². The Morgan fingerprint density at radius 2 is 1.96 bits per heavy atom. The molecule has 0 bridgehead atoms. The number of nitrogens with one attached hydrogen (secondary N) is 2. The Kier molecular flexibility index (Phi) is 5.47. The van der Waals surface area contributed by atoms with Crippen LogP contribution in [0.3, 0.4) is 0 Å². The summed E-state index contributed by atoms with van der Waals surface area (Å²) in [4.78, 5) is 24.2. The molecule has 136 valence electrons. The van der Waals surface area contributed by atoms with Gasteiger partial charge < -0.3 is 20.0 Å². The average Bonchev–Trinajstić information content (AvgIpc) is 2.63. The highest BCUT2D eigenvalue weighted by Crippen LogP contribution is 2.32. The largest absolute Gasteiger partial charge is 0.618 e. The van der Waals surface area contributed by atoms with Crippen LogP contribution in [0.5, 0.6) is 11.5 Å². The highest BCUT2D eigenvalue weighted by molar-refractivity contribution is 8.00. The van der Waals surface area contributed by atoms with Crippen LogP contribution in [0.15, 0.2) is 47.6 Å². The maximum absolute atomic E-state index is 12.1. The van der Waals surface area contributed by atoms with Crippen molar-refractivity contribution < 1.29 is 23.8 Å². The number of amides is 3. The Labute approximate surface area is 154 Å². The molecule has 0 saturated carbocycles. The molecule has 9 heteroatoms. The van der Waals surface area contributed by atoms with Gasteiger partial charge in [-0.2, -0.15) is 4.73 Å². The van der Waals surface area contributed by atoms with Gasteiger partial charge in [-0.3, -0.25) is 10.1 Å². The second-order valence-corrected chi connectivity index (χ2v) is 6.79. The molecule has 8 nitrogen and oxygen atoms in total. The summed E-state index contributed by atoms with van der Waals surface area (Å²) >= 11 is 1.07. The summed E-state index contributed by atoms with van der Waals surface area (Å²) in [6, 6.07) is 9.21. The summed E-state index contributed by atoms with van der Waals surface area (Å²) in [6.45, 7) is 2.54. The van der Waals surface area contributed by atoms with E-state index in [0.29, 0.717) is 40.2 Å². The quantitative estimate of drug-likeness (QED) is 0.481. The molecule has 1 aromatic carbocycles. The van der Waals surface area contributed by atoms with E-state index in [1.807, 2.05) is 0 Å². The number of carbonyl (C=O) groups excluding carboxylic acids is 2. The van der Waals surface area contributed by atoms with E-state index >= 15 is 0 Å². The maximum Gasteiger partial charge on any atom is 0.325 e. The molecule has 0 spiro atoms. The molecule has 1 atom stereocenters. The van der Waals surface area contributed by atoms with Gasteiger partial charge in [-0.15, -0.1) is 0 Å². The van der Waals surface area contributed by atoms with Gasteiger partial charge in [0.25, 0.3) is 5.03 Å². The molecule has 0 aliphatic carbocycles. The molecule has 3 amide bonds. The first-order chi connectivity index (χ1) is 12.5. The number of thioether (sulfide) groups is 1. The number of ether oxygens (including phenoxy) is 2. The van der Waals surface area contributed by atoms with E-state index in [-0.39, 0.29) is 0 Å². The number of fused-ring (bicyclic) bond motifs is 1. The van der Waals surface area contributed by atoms with E-state index in [0.717, 1.165) is 11.8 Å². The number of anilines is 1. The van der Waals surface area contributed by atoms with E-state index in [1.165, 1.54) is 6.20 Å². The summed E-state index contributed by atoms with van der Waals surface area (Å²) in [6.07, 6.45) is 1.35. The number of pyridine rings is 1. The van der Waals surface area contributed by atoms with Crippen LogP contribution in [0, 0.1) is 5.21 Å². The molecular formula is C17H17N3O5S. The van der Waals surface area contributed by atoms with Crippen molar-refractivity contribution in [2.75, 3.05) is 18.5 Å². The van der Waals surface area contributed by atoms with Gasteiger partial charge in [0, 0.05) is 23.9 Å². The van der Waals surface area contributed by atoms with Gasteiger partial charge >= 0.3 is 6.03 Å². The molecule has 1 aromatic heterocycles. The molecule has 0 saturated heterocycles. The molecule has 3 rings (SSSR count). The van der Waals surface area contributed by atoms with E-state index in [2.05, 4.69) is 10.6 Å². The third-order valence-electron chi connectivity index (χ3n) is 3.49. The van der Waals surface area contributed by atoms with Crippen LogP contribution in [0.4, 0.5) is 10.5 Å². The van der Waals surface area contributed by atoms with Gasteiger partial charge in [0.15, 0.2) is 17.7 Å². The van der Waals surface area contributed by atoms with Crippen molar-refractivity contribution in [3.05, 3.63) is 47.8 Å². The number of carbonyl (C=O) groups is 2. The summed E-state index contributed by atoms with van der Waals surface area (Å²) in [7, 11) is 0. The minimum Gasteiger partial charge on any atom is -0.618 e. The zero-order valence-corrected chi connectivity index (χ0v) is 14.7. The van der Waals surface area contributed by atoms with Gasteiger partial charge in [0.05, 0.1) is 5.25 Å². The molecule has 2 aromatic rings. The Hall–Kier alpha value is -2.94. The lowest BCUT2D eigenvalue weighted by Gasteiger charge is -2.19. The van der Waals surface area contributed by atoms with Crippen molar-refractivity contribution >= 4 is 29.4 Å². The highest BCUT2D eigenvalue weighted by Gasteiger charge is 2.21. The molecule has 26 heavy (non-hydrogen) atoms. The minimum atomic E-state index is -0.665. The standard InChI is InChI=1S/C17H17N3O5S/c1-11(26-15-4-2-3-7-20(15)23)16(21)19-17(22)18-12-5-6-13-14(10-12)25-9-8-24-13/h2-7,10-11H,8-9H2,1H3,(H2,18,19,21,22)/t11-/m0/s1. The van der Waals surface area contributed by atoms with Crippen LogP contribution in [-0.2, 0) is 4.79 Å². The fourth-order valence-electron chi connectivity index (χ4n) is 2.24. The van der Waals surface area contributed by atoms with Gasteiger partial charge in [0.1, 0.15) is 13.2 Å². The number of rotatable bonds is 4. The molecule has 1 aliphatic rings. The number of aromatic nitrogens is 1. The second kappa shape index (κ2) is 7.96. The van der Waals surface area contributed by atoms with E-state index in [9.17, 15) is 14.8 Å². The zero-order chi connectivity index (χ0) is 18.5. The smallest absolute Gasteiger partial charge is 0.325 e. The maximum atomic E-state index is 12.1. The molecule has 2 N–H and O–H groups in total. The fraction of sp³-hybridized carbons (Fsp3) is 0.235. The third kappa shape index (κ3) is 4.37. The van der Waals surface area contributed by atoms with Crippen molar-refractivity contribution in [1.29, 1.82) is 0 Å². The number of hydrogen-bond donors (Lipinski definition) is 2. The van der Waals surface area contributed by atoms with Gasteiger partial charge in [-0.05, 0) is 36.9 Å². The van der Waals surface area contributed by atoms with E-state index < -0.39 is 17.2 Å². The Balaban J connectivity index is 1.55. The van der Waals surface area contributed by atoms with Crippen molar-refractivity contribution in [1.82, 2.24) is 5.32 Å². The number of imide groups is 1. The minimum absolute atomic E-state index is 0.377. The first-order valence-electron chi connectivity index (χ1n) is 7.89. The van der Waals surface area contributed by atoms with Gasteiger partial charge in [-0.1, -0.05) is 0 Å². The first kappa shape index (κ1) is 17.9. The number of urea groups is 1. The molecule has 2 heterocycles. The second-order valence-electron chi connectivity index (χ2n) is 5.43. The van der Waals surface area contributed by atoms with Gasteiger partial charge in [-0.25, -0.2) is 4.79 Å². The average molecular weight is 375 g/mol. The number of benzene rings is 1. The lowest BCUT2D eigenvalue weighted by Crippen LogP contribution is -2.39. The van der Waals surface area contributed by atoms with Crippen LogP contribution < -0.4 is 24.8 Å². The lowest BCUT2D eigenvalue weighted by atomic mass is 10.2. The monoisotopic (exact) mass is 375 g/mol. The SMILES string of the molecule is C[C@H](Sc1cccc[n+]1[O-])C(=O)NC(=O)Nc1ccc2c(c1)OCCO2. The topological polar surface area (TPSA) is 104 Å². The van der Waals surface area contributed by atoms with Crippen molar-refractivity contribution in [3.8, 4) is 11.5 Å². The van der Waals surface area contributed by atoms with Gasteiger partial charge in [0.2, 0.25) is 5.91 Å². The molecule has 0 fully saturated rings. The van der Waals surface area contributed by atoms with Crippen molar-refractivity contribution in [3.63, 3.8) is 0 Å². The Bertz CT molecular complexity index is 830. The molecule has 0 radical (unpaired) electrons. The third-order valence-corrected chi connectivity index (χ3v) is 4.62. The predicted molar refractivity (Wildman–Crippen MR) is 95.3 cm³/mol. The molecular weight excluding hydrogens is 358 g/mol. The Morgan fingerprint density at radius 3 is 2.73 bits per heavy atom.